The molecule has 1 saturated heterocycles. The van der Waals surface area contributed by atoms with Gasteiger partial charge in [-0.2, -0.15) is 0 Å². The van der Waals surface area contributed by atoms with E-state index in [4.69, 9.17) is 10.1 Å². The number of anilines is 2. The minimum atomic E-state index is -0.592. The number of carbonyl (C=O) groups is 2. The van der Waals surface area contributed by atoms with E-state index in [0.717, 1.165) is 17.5 Å². The van der Waals surface area contributed by atoms with E-state index in [2.05, 4.69) is 5.32 Å². The number of amidine groups is 1. The fourth-order valence-corrected chi connectivity index (χ4v) is 3.63. The Labute approximate surface area is 156 Å². The molecule has 1 atom stereocenters. The molecular weight excluding hydrogens is 350 g/mol. The van der Waals surface area contributed by atoms with Gasteiger partial charge in [-0.05, 0) is 43.3 Å². The Bertz CT molecular complexity index is 809. The van der Waals surface area contributed by atoms with Crippen molar-refractivity contribution in [3.8, 4) is 5.75 Å². The minimum Gasteiger partial charge on any atom is -0.494 e. The molecule has 1 heterocycles. The molecule has 0 aliphatic carbocycles. The lowest BCUT2D eigenvalue weighted by atomic mass is 10.2. The Kier molecular flexibility index (Phi) is 5.58. The zero-order valence-electron chi connectivity index (χ0n) is 14.3. The first kappa shape index (κ1) is 18.0. The van der Waals surface area contributed by atoms with Crippen molar-refractivity contribution in [1.82, 2.24) is 0 Å². The third-order valence-electron chi connectivity index (χ3n) is 3.79. The summed E-state index contributed by atoms with van der Waals surface area (Å²) in [5.41, 5.74) is 1.29. The van der Waals surface area contributed by atoms with E-state index in [-0.39, 0.29) is 23.4 Å². The number of nitrogens with zero attached hydrogens (tertiary/aromatic N) is 1. The predicted molar refractivity (Wildman–Crippen MR) is 104 cm³/mol. The predicted octanol–water partition coefficient (Wildman–Crippen LogP) is 3.50. The summed E-state index contributed by atoms with van der Waals surface area (Å²) in [5, 5.41) is 10.4. The van der Waals surface area contributed by atoms with Crippen LogP contribution in [0.15, 0.2) is 54.6 Å². The number of thioether (sulfide) groups is 1. The number of nitrogens with one attached hydrogen (secondary N) is 2. The fourth-order valence-electron chi connectivity index (χ4n) is 2.61. The molecule has 0 radical (unpaired) electrons. The molecule has 1 unspecified atom stereocenters. The minimum absolute atomic E-state index is 0.0163. The maximum Gasteiger partial charge on any atom is 0.247 e. The molecular formula is C19H19N3O3S. The van der Waals surface area contributed by atoms with E-state index in [1.165, 1.54) is 4.90 Å². The number of amides is 2. The summed E-state index contributed by atoms with van der Waals surface area (Å²) < 4.78 is 5.36. The molecule has 7 heteroatoms. The SMILES string of the molecule is CCOc1ccc(NC(=O)CC2SC(=N)N(c3ccccc3)C2=O)cc1. The third-order valence-corrected chi connectivity index (χ3v) is 4.85. The van der Waals surface area contributed by atoms with Crippen molar-refractivity contribution in [2.75, 3.05) is 16.8 Å². The molecule has 2 amide bonds. The molecule has 2 aromatic rings. The van der Waals surface area contributed by atoms with Gasteiger partial charge in [0.25, 0.3) is 0 Å². The molecule has 2 aromatic carbocycles. The number of rotatable bonds is 6. The maximum absolute atomic E-state index is 12.6. The summed E-state index contributed by atoms with van der Waals surface area (Å²) in [4.78, 5) is 26.2. The number of para-hydroxylation sites is 1. The Hall–Kier alpha value is -2.80. The lowest BCUT2D eigenvalue weighted by Crippen LogP contribution is -2.33. The summed E-state index contributed by atoms with van der Waals surface area (Å²) in [6, 6.07) is 16.1. The Morgan fingerprint density at radius 2 is 1.88 bits per heavy atom. The first-order valence-corrected chi connectivity index (χ1v) is 9.13. The van der Waals surface area contributed by atoms with Crippen LogP contribution in [0.2, 0.25) is 0 Å². The van der Waals surface area contributed by atoms with E-state index in [9.17, 15) is 9.59 Å². The van der Waals surface area contributed by atoms with Gasteiger partial charge in [-0.25, -0.2) is 0 Å². The van der Waals surface area contributed by atoms with Gasteiger partial charge < -0.3 is 10.1 Å². The second kappa shape index (κ2) is 8.05. The zero-order valence-corrected chi connectivity index (χ0v) is 15.1. The van der Waals surface area contributed by atoms with Gasteiger partial charge >= 0.3 is 0 Å². The van der Waals surface area contributed by atoms with Gasteiger partial charge in [0.15, 0.2) is 5.17 Å². The normalized spacial score (nSPS) is 16.7. The van der Waals surface area contributed by atoms with E-state index in [1.807, 2.05) is 25.1 Å². The van der Waals surface area contributed by atoms with Gasteiger partial charge in [-0.1, -0.05) is 30.0 Å². The molecule has 1 aliphatic rings. The van der Waals surface area contributed by atoms with Crippen LogP contribution in [-0.2, 0) is 9.59 Å². The monoisotopic (exact) mass is 369 g/mol. The van der Waals surface area contributed by atoms with Crippen LogP contribution in [-0.4, -0.2) is 28.8 Å². The van der Waals surface area contributed by atoms with E-state index in [0.29, 0.717) is 18.0 Å². The summed E-state index contributed by atoms with van der Waals surface area (Å²) in [6.45, 7) is 2.48. The van der Waals surface area contributed by atoms with Crippen molar-refractivity contribution < 1.29 is 14.3 Å². The van der Waals surface area contributed by atoms with Crippen molar-refractivity contribution in [3.63, 3.8) is 0 Å². The topological polar surface area (TPSA) is 82.5 Å². The highest BCUT2D eigenvalue weighted by Gasteiger charge is 2.39. The second-order valence-corrected chi connectivity index (χ2v) is 6.82. The van der Waals surface area contributed by atoms with Gasteiger partial charge in [0.2, 0.25) is 11.8 Å². The number of ether oxygens (including phenoxy) is 1. The lowest BCUT2D eigenvalue weighted by molar-refractivity contribution is -0.121. The van der Waals surface area contributed by atoms with Crippen LogP contribution in [0.5, 0.6) is 5.75 Å². The van der Waals surface area contributed by atoms with Crippen LogP contribution in [0.4, 0.5) is 11.4 Å². The number of carbonyl (C=O) groups excluding carboxylic acids is 2. The number of benzene rings is 2. The van der Waals surface area contributed by atoms with Crippen molar-refractivity contribution in [2.24, 2.45) is 0 Å². The van der Waals surface area contributed by atoms with Gasteiger partial charge in [0.1, 0.15) is 11.0 Å². The molecule has 1 fully saturated rings. The Morgan fingerprint density at radius 3 is 2.54 bits per heavy atom. The van der Waals surface area contributed by atoms with Crippen LogP contribution in [0.1, 0.15) is 13.3 Å². The first-order valence-electron chi connectivity index (χ1n) is 8.25. The third kappa shape index (κ3) is 4.05. The first-order chi connectivity index (χ1) is 12.6. The largest absolute Gasteiger partial charge is 0.494 e. The van der Waals surface area contributed by atoms with Gasteiger partial charge in [-0.3, -0.25) is 19.9 Å². The van der Waals surface area contributed by atoms with E-state index >= 15 is 0 Å². The highest BCUT2D eigenvalue weighted by atomic mass is 32.2. The second-order valence-electron chi connectivity index (χ2n) is 5.63. The van der Waals surface area contributed by atoms with Crippen LogP contribution >= 0.6 is 11.8 Å². The van der Waals surface area contributed by atoms with Crippen molar-refractivity contribution in [3.05, 3.63) is 54.6 Å². The summed E-state index contributed by atoms with van der Waals surface area (Å²) in [6.07, 6.45) is 0.0163. The molecule has 6 nitrogen and oxygen atoms in total. The van der Waals surface area contributed by atoms with Crippen LogP contribution in [0, 0.1) is 5.41 Å². The quantitative estimate of drug-likeness (QED) is 0.816. The van der Waals surface area contributed by atoms with E-state index < -0.39 is 5.25 Å². The Balaban J connectivity index is 1.61. The smallest absolute Gasteiger partial charge is 0.247 e. The lowest BCUT2D eigenvalue weighted by Gasteiger charge is -2.15. The molecule has 2 N–H and O–H groups in total. The summed E-state index contributed by atoms with van der Waals surface area (Å²) in [5.74, 6) is 0.231. The van der Waals surface area contributed by atoms with Crippen LogP contribution in [0.3, 0.4) is 0 Å². The standard InChI is InChI=1S/C19H19N3O3S/c1-2-25-15-10-8-13(9-11-15)21-17(23)12-16-18(24)22(19(20)26-16)14-6-4-3-5-7-14/h3-11,16,20H,2,12H2,1H3,(H,21,23). The van der Waals surface area contributed by atoms with Gasteiger partial charge in [0, 0.05) is 12.1 Å². The molecule has 3 rings (SSSR count). The fraction of sp³-hybridized carbons (Fsp3) is 0.211. The van der Waals surface area contributed by atoms with Crippen molar-refractivity contribution >= 4 is 40.1 Å². The van der Waals surface area contributed by atoms with Crippen LogP contribution in [0.25, 0.3) is 0 Å². The maximum atomic E-state index is 12.6. The highest BCUT2D eigenvalue weighted by molar-refractivity contribution is 8.16. The van der Waals surface area contributed by atoms with Crippen LogP contribution < -0.4 is 15.0 Å². The molecule has 0 saturated carbocycles. The van der Waals surface area contributed by atoms with E-state index in [1.54, 1.807) is 36.4 Å². The summed E-state index contributed by atoms with van der Waals surface area (Å²) >= 11 is 1.10. The molecule has 1 aliphatic heterocycles. The summed E-state index contributed by atoms with van der Waals surface area (Å²) in [7, 11) is 0. The molecule has 26 heavy (non-hydrogen) atoms. The Morgan fingerprint density at radius 1 is 1.19 bits per heavy atom. The zero-order chi connectivity index (χ0) is 18.5. The average molecular weight is 369 g/mol. The van der Waals surface area contributed by atoms with Crippen molar-refractivity contribution in [1.29, 1.82) is 5.41 Å². The number of hydrogen-bond donors (Lipinski definition) is 2. The molecule has 0 aromatic heterocycles. The highest BCUT2D eigenvalue weighted by Crippen LogP contribution is 2.32. The number of hydrogen-bond acceptors (Lipinski definition) is 5. The van der Waals surface area contributed by atoms with Gasteiger partial charge in [0.05, 0.1) is 12.3 Å². The van der Waals surface area contributed by atoms with Gasteiger partial charge in [-0.15, -0.1) is 0 Å². The molecule has 0 bridgehead atoms. The van der Waals surface area contributed by atoms with Crippen molar-refractivity contribution in [2.45, 2.75) is 18.6 Å². The molecule has 134 valence electrons. The average Bonchev–Trinajstić information content (AvgIpc) is 2.91. The molecule has 0 spiro atoms.